The Morgan fingerprint density at radius 2 is 1.76 bits per heavy atom. The van der Waals surface area contributed by atoms with E-state index in [2.05, 4.69) is 6.58 Å². The predicted octanol–water partition coefficient (Wildman–Crippen LogP) is 0.183. The van der Waals surface area contributed by atoms with Crippen LogP contribution < -0.4 is 0 Å². The number of hydrogen-bond acceptors (Lipinski definition) is 6. The molecule has 2 fully saturated rings. The maximum absolute atomic E-state index is 10.0. The van der Waals surface area contributed by atoms with Crippen molar-refractivity contribution in [1.82, 2.24) is 0 Å². The molecule has 2 heterocycles. The fourth-order valence-corrected chi connectivity index (χ4v) is 2.55. The number of ether oxygens (including phenoxy) is 3. The topological polar surface area (TPSA) is 88.4 Å². The minimum atomic E-state index is -1.43. The maximum atomic E-state index is 10.0. The molecular formula is C15H18O6. The highest BCUT2D eigenvalue weighted by Gasteiger charge is 2.48. The second-order valence-corrected chi connectivity index (χ2v) is 5.18. The first-order valence-electron chi connectivity index (χ1n) is 6.79. The van der Waals surface area contributed by atoms with Crippen LogP contribution in [-0.4, -0.2) is 52.6 Å². The molecule has 1 aromatic carbocycles. The average Bonchev–Trinajstić information content (AvgIpc) is 2.53. The number of hydrogen-bond donors (Lipinski definition) is 3. The molecule has 6 atom stereocenters. The van der Waals surface area contributed by atoms with Crippen molar-refractivity contribution in [2.24, 2.45) is 0 Å². The zero-order chi connectivity index (χ0) is 15.0. The zero-order valence-corrected chi connectivity index (χ0v) is 11.3. The van der Waals surface area contributed by atoms with E-state index in [4.69, 9.17) is 14.2 Å². The van der Waals surface area contributed by atoms with Gasteiger partial charge in [-0.15, -0.1) is 0 Å². The van der Waals surface area contributed by atoms with Crippen molar-refractivity contribution >= 4 is 6.08 Å². The minimum Gasteiger partial charge on any atom is -0.387 e. The van der Waals surface area contributed by atoms with Crippen LogP contribution in [0.15, 0.2) is 30.8 Å². The molecule has 2 saturated heterocycles. The van der Waals surface area contributed by atoms with Gasteiger partial charge in [-0.25, -0.2) is 0 Å². The minimum absolute atomic E-state index is 0.166. The van der Waals surface area contributed by atoms with Gasteiger partial charge in [0.15, 0.2) is 12.6 Å². The van der Waals surface area contributed by atoms with E-state index < -0.39 is 37.0 Å². The van der Waals surface area contributed by atoms with Crippen LogP contribution in [-0.2, 0) is 14.2 Å². The predicted molar refractivity (Wildman–Crippen MR) is 73.0 cm³/mol. The Balaban J connectivity index is 1.74. The molecule has 2 aliphatic rings. The lowest BCUT2D eigenvalue weighted by molar-refractivity contribution is -0.354. The van der Waals surface area contributed by atoms with Gasteiger partial charge in [-0.1, -0.05) is 36.9 Å². The lowest BCUT2D eigenvalue weighted by Crippen LogP contribution is -2.61. The summed E-state index contributed by atoms with van der Waals surface area (Å²) in [6, 6.07) is 7.47. The van der Waals surface area contributed by atoms with E-state index in [-0.39, 0.29) is 6.61 Å². The lowest BCUT2D eigenvalue weighted by Gasteiger charge is -2.45. The molecule has 1 unspecified atom stereocenters. The molecule has 0 amide bonds. The van der Waals surface area contributed by atoms with Gasteiger partial charge >= 0.3 is 0 Å². The molecule has 3 N–H and O–H groups in total. The van der Waals surface area contributed by atoms with Crippen molar-refractivity contribution in [2.45, 2.75) is 37.0 Å². The molecule has 0 aliphatic carbocycles. The first kappa shape index (κ1) is 14.6. The zero-order valence-electron chi connectivity index (χ0n) is 11.3. The number of aliphatic hydroxyl groups is 3. The van der Waals surface area contributed by atoms with Crippen molar-refractivity contribution in [3.63, 3.8) is 0 Å². The molecule has 0 bridgehead atoms. The van der Waals surface area contributed by atoms with E-state index in [1.165, 1.54) is 0 Å². The van der Waals surface area contributed by atoms with Crippen LogP contribution in [0.1, 0.15) is 17.4 Å². The summed E-state index contributed by atoms with van der Waals surface area (Å²) in [5, 5.41) is 29.1. The van der Waals surface area contributed by atoms with Crippen molar-refractivity contribution in [2.75, 3.05) is 6.61 Å². The molecular weight excluding hydrogens is 276 g/mol. The lowest BCUT2D eigenvalue weighted by atomic mass is 9.98. The average molecular weight is 294 g/mol. The molecule has 114 valence electrons. The first-order valence-corrected chi connectivity index (χ1v) is 6.79. The van der Waals surface area contributed by atoms with Crippen LogP contribution in [0.3, 0.4) is 0 Å². The van der Waals surface area contributed by atoms with Crippen molar-refractivity contribution in [3.05, 3.63) is 42.0 Å². The molecule has 0 radical (unpaired) electrons. The Kier molecular flexibility index (Phi) is 4.08. The fraction of sp³-hybridized carbons (Fsp3) is 0.467. The van der Waals surface area contributed by atoms with E-state index in [9.17, 15) is 15.3 Å². The third-order valence-electron chi connectivity index (χ3n) is 3.80. The summed E-state index contributed by atoms with van der Waals surface area (Å²) in [5.41, 5.74) is 1.78. The highest BCUT2D eigenvalue weighted by molar-refractivity contribution is 5.47. The number of benzene rings is 1. The van der Waals surface area contributed by atoms with E-state index in [0.717, 1.165) is 11.1 Å². The summed E-state index contributed by atoms with van der Waals surface area (Å²) < 4.78 is 16.4. The summed E-state index contributed by atoms with van der Waals surface area (Å²) in [7, 11) is 0. The highest BCUT2D eigenvalue weighted by atomic mass is 16.7. The summed E-state index contributed by atoms with van der Waals surface area (Å²) in [4.78, 5) is 0. The molecule has 6 nitrogen and oxygen atoms in total. The SMILES string of the molecule is C=Cc1ccc(C2OC[C@H]3O[C@H](O)[C@H](O)[C@@H](O)[C@@H]3O2)cc1. The van der Waals surface area contributed by atoms with Gasteiger partial charge in [0.25, 0.3) is 0 Å². The van der Waals surface area contributed by atoms with Crippen molar-refractivity contribution in [3.8, 4) is 0 Å². The standard InChI is InChI=1S/C15H18O6/c1-2-8-3-5-9(6-4-8)15-19-7-10-13(21-15)11(16)12(17)14(18)20-10/h2-6,10-18H,1,7H2/t10-,11-,12-,13-,14+,15?/m1/s1. The van der Waals surface area contributed by atoms with Crippen LogP contribution in [0.25, 0.3) is 6.08 Å². The van der Waals surface area contributed by atoms with Gasteiger partial charge in [0.05, 0.1) is 6.61 Å². The largest absolute Gasteiger partial charge is 0.387 e. The van der Waals surface area contributed by atoms with E-state index in [0.29, 0.717) is 0 Å². The second kappa shape index (κ2) is 5.84. The van der Waals surface area contributed by atoms with E-state index in [1.54, 1.807) is 6.08 Å². The Morgan fingerprint density at radius 1 is 1.05 bits per heavy atom. The van der Waals surface area contributed by atoms with Crippen LogP contribution >= 0.6 is 0 Å². The molecule has 6 heteroatoms. The van der Waals surface area contributed by atoms with Gasteiger partial charge in [-0.3, -0.25) is 0 Å². The van der Waals surface area contributed by atoms with E-state index >= 15 is 0 Å². The summed E-state index contributed by atoms with van der Waals surface area (Å²) >= 11 is 0. The Morgan fingerprint density at radius 3 is 2.43 bits per heavy atom. The molecule has 0 saturated carbocycles. The van der Waals surface area contributed by atoms with Crippen LogP contribution in [0.5, 0.6) is 0 Å². The van der Waals surface area contributed by atoms with Crippen LogP contribution in [0.4, 0.5) is 0 Å². The monoisotopic (exact) mass is 294 g/mol. The van der Waals surface area contributed by atoms with Gasteiger partial charge in [-0.2, -0.15) is 0 Å². The normalized spacial score (nSPS) is 39.6. The Labute approximate surface area is 122 Å². The summed E-state index contributed by atoms with van der Waals surface area (Å²) in [6.45, 7) is 3.85. The number of aliphatic hydroxyl groups excluding tert-OH is 3. The van der Waals surface area contributed by atoms with Crippen molar-refractivity contribution < 1.29 is 29.5 Å². The van der Waals surface area contributed by atoms with Crippen LogP contribution in [0, 0.1) is 0 Å². The van der Waals surface area contributed by atoms with Gasteiger partial charge in [0.1, 0.15) is 24.4 Å². The molecule has 0 aromatic heterocycles. The van der Waals surface area contributed by atoms with Gasteiger partial charge < -0.3 is 29.5 Å². The van der Waals surface area contributed by atoms with Crippen LogP contribution in [0.2, 0.25) is 0 Å². The van der Waals surface area contributed by atoms with Gasteiger partial charge in [0.2, 0.25) is 0 Å². The third-order valence-corrected chi connectivity index (χ3v) is 3.80. The quantitative estimate of drug-likeness (QED) is 0.721. The second-order valence-electron chi connectivity index (χ2n) is 5.18. The summed E-state index contributed by atoms with van der Waals surface area (Å²) in [5.74, 6) is 0. The fourth-order valence-electron chi connectivity index (χ4n) is 2.55. The summed E-state index contributed by atoms with van der Waals surface area (Å²) in [6.07, 6.45) is -4.32. The highest BCUT2D eigenvalue weighted by Crippen LogP contribution is 2.33. The number of fused-ring (bicyclic) bond motifs is 1. The number of rotatable bonds is 2. The maximum Gasteiger partial charge on any atom is 0.184 e. The smallest absolute Gasteiger partial charge is 0.184 e. The molecule has 21 heavy (non-hydrogen) atoms. The molecule has 1 aromatic rings. The molecule has 0 spiro atoms. The molecule has 2 aliphatic heterocycles. The van der Waals surface area contributed by atoms with Gasteiger partial charge in [-0.05, 0) is 5.56 Å². The molecule has 3 rings (SSSR count). The Hall–Kier alpha value is -1.28. The van der Waals surface area contributed by atoms with E-state index in [1.807, 2.05) is 24.3 Å². The third kappa shape index (κ3) is 2.74. The van der Waals surface area contributed by atoms with Gasteiger partial charge in [0, 0.05) is 5.56 Å². The van der Waals surface area contributed by atoms with Crippen molar-refractivity contribution in [1.29, 1.82) is 0 Å². The Bertz CT molecular complexity index is 499. The first-order chi connectivity index (χ1) is 10.1.